The monoisotopic (exact) mass is 572 g/mol. The Bertz CT molecular complexity index is 2150. The summed E-state index contributed by atoms with van der Waals surface area (Å²) in [5.74, 6) is 0. The third kappa shape index (κ3) is 3.94. The fourth-order valence-electron chi connectivity index (χ4n) is 5.73. The highest BCUT2D eigenvalue weighted by molar-refractivity contribution is 6.05. The smallest absolute Gasteiger partial charge is 0.166 e. The molecule has 0 atom stereocenters. The van der Waals surface area contributed by atoms with E-state index in [0.29, 0.717) is 22.4 Å². The number of hydrogen-bond donors (Lipinski definition) is 2. The average molecular weight is 573 g/mol. The molecule has 0 spiro atoms. The number of nitrogen functional groups attached to an aromatic ring is 2. The lowest BCUT2D eigenvalue weighted by atomic mass is 9.94. The second kappa shape index (κ2) is 10.1. The van der Waals surface area contributed by atoms with Crippen molar-refractivity contribution >= 4 is 33.4 Å². The zero-order valence-electron chi connectivity index (χ0n) is 23.8. The molecule has 0 aliphatic carbocycles. The first-order chi connectivity index (χ1) is 21.4. The van der Waals surface area contributed by atoms with Gasteiger partial charge in [-0.1, -0.05) is 60.7 Å². The van der Waals surface area contributed by atoms with Gasteiger partial charge < -0.3 is 11.5 Å². The predicted molar refractivity (Wildman–Crippen MR) is 170 cm³/mol. The van der Waals surface area contributed by atoms with E-state index in [2.05, 4.69) is 22.1 Å². The lowest BCUT2D eigenvalue weighted by Gasteiger charge is -2.13. The zero-order valence-corrected chi connectivity index (χ0v) is 23.8. The normalized spacial score (nSPS) is 11.1. The van der Waals surface area contributed by atoms with Crippen molar-refractivity contribution < 1.29 is 0 Å². The van der Waals surface area contributed by atoms with Gasteiger partial charge in [0.15, 0.2) is 22.7 Å². The number of nitriles is 2. The largest absolute Gasteiger partial charge is 0.396 e. The molecule has 3 aromatic carbocycles. The van der Waals surface area contributed by atoms with E-state index in [1.54, 1.807) is 9.36 Å². The molecule has 210 valence electrons. The van der Waals surface area contributed by atoms with E-state index in [1.165, 1.54) is 0 Å². The Morgan fingerprint density at radius 3 is 1.27 bits per heavy atom. The summed E-state index contributed by atoms with van der Waals surface area (Å²) in [6.07, 6.45) is 0. The van der Waals surface area contributed by atoms with Gasteiger partial charge in [-0.05, 0) is 49.2 Å². The molecule has 4 aromatic heterocycles. The highest BCUT2D eigenvalue weighted by atomic mass is 15.3. The standard InChI is InChI=1S/C34H24N10/c1-19-27-29(31(37)25(17-35)39-33(27)43(41-19)23-9-5-3-6-10-23)21-13-15-22(16-14-21)30-28-20(2)42-44(24-11-7-4-8-12-24)34(28)40-26(18-36)32(30)38/h3-16H,37-38H2,1-2H3. The van der Waals surface area contributed by atoms with Gasteiger partial charge in [0.1, 0.15) is 12.1 Å². The number of pyridine rings is 2. The van der Waals surface area contributed by atoms with E-state index in [0.717, 1.165) is 44.7 Å². The molecule has 0 unspecified atom stereocenters. The van der Waals surface area contributed by atoms with Crippen LogP contribution in [0.1, 0.15) is 22.8 Å². The van der Waals surface area contributed by atoms with Gasteiger partial charge in [-0.25, -0.2) is 19.3 Å². The number of rotatable bonds is 4. The van der Waals surface area contributed by atoms with Crippen LogP contribution >= 0.6 is 0 Å². The highest BCUT2D eigenvalue weighted by Gasteiger charge is 2.24. The lowest BCUT2D eigenvalue weighted by molar-refractivity contribution is 0.877. The van der Waals surface area contributed by atoms with Gasteiger partial charge in [-0.2, -0.15) is 20.7 Å². The number of nitrogens with zero attached hydrogens (tertiary/aromatic N) is 8. The first-order valence-corrected chi connectivity index (χ1v) is 13.8. The topological polar surface area (TPSA) is 161 Å². The van der Waals surface area contributed by atoms with Gasteiger partial charge in [0.25, 0.3) is 0 Å². The highest BCUT2D eigenvalue weighted by Crippen LogP contribution is 2.41. The molecule has 0 saturated carbocycles. The van der Waals surface area contributed by atoms with Crippen LogP contribution in [0.25, 0.3) is 55.7 Å². The van der Waals surface area contributed by atoms with E-state index in [1.807, 2.05) is 98.8 Å². The van der Waals surface area contributed by atoms with Crippen LogP contribution in [-0.4, -0.2) is 29.5 Å². The molecule has 10 heteroatoms. The van der Waals surface area contributed by atoms with E-state index >= 15 is 0 Å². The van der Waals surface area contributed by atoms with Crippen molar-refractivity contribution in [1.82, 2.24) is 29.5 Å². The van der Waals surface area contributed by atoms with E-state index in [4.69, 9.17) is 21.7 Å². The summed E-state index contributed by atoms with van der Waals surface area (Å²) in [5.41, 5.74) is 21.1. The summed E-state index contributed by atoms with van der Waals surface area (Å²) in [7, 11) is 0. The molecule has 10 nitrogen and oxygen atoms in total. The van der Waals surface area contributed by atoms with Gasteiger partial charge in [0.2, 0.25) is 0 Å². The van der Waals surface area contributed by atoms with Crippen molar-refractivity contribution in [2.45, 2.75) is 13.8 Å². The maximum Gasteiger partial charge on any atom is 0.166 e. The van der Waals surface area contributed by atoms with Crippen molar-refractivity contribution in [2.75, 3.05) is 11.5 Å². The number of aromatic nitrogens is 6. The molecule has 4 N–H and O–H groups in total. The second-order valence-electron chi connectivity index (χ2n) is 10.4. The van der Waals surface area contributed by atoms with Crippen LogP contribution in [0.4, 0.5) is 11.4 Å². The maximum absolute atomic E-state index is 9.92. The number of fused-ring (bicyclic) bond motifs is 2. The minimum Gasteiger partial charge on any atom is -0.396 e. The molecular formula is C34H24N10. The zero-order chi connectivity index (χ0) is 30.5. The number of nitrogens with two attached hydrogens (primary N) is 2. The fourth-order valence-corrected chi connectivity index (χ4v) is 5.73. The Hall–Kier alpha value is -6.52. The van der Waals surface area contributed by atoms with E-state index < -0.39 is 0 Å². The molecule has 7 aromatic rings. The summed E-state index contributed by atoms with van der Waals surface area (Å²) in [4.78, 5) is 9.19. The molecule has 7 rings (SSSR count). The first-order valence-electron chi connectivity index (χ1n) is 13.8. The lowest BCUT2D eigenvalue weighted by Crippen LogP contribution is -2.03. The van der Waals surface area contributed by atoms with Crippen LogP contribution in [0.5, 0.6) is 0 Å². The fraction of sp³-hybridized carbons (Fsp3) is 0.0588. The van der Waals surface area contributed by atoms with Crippen molar-refractivity contribution in [3.63, 3.8) is 0 Å². The minimum atomic E-state index is 0.122. The SMILES string of the molecule is Cc1nn(-c2ccccc2)c2nc(C#N)c(N)c(-c3ccc(-c4c(N)c(C#N)nc5c4c(C)nn5-c4ccccc4)cc3)c12. The van der Waals surface area contributed by atoms with Crippen molar-refractivity contribution in [2.24, 2.45) is 0 Å². The number of aryl methyl sites for hydroxylation is 2. The van der Waals surface area contributed by atoms with Crippen LogP contribution in [0.2, 0.25) is 0 Å². The summed E-state index contributed by atoms with van der Waals surface area (Å²) in [5, 5.41) is 30.9. The Balaban J connectivity index is 1.44. The van der Waals surface area contributed by atoms with Crippen molar-refractivity contribution in [3.8, 4) is 45.8 Å². The molecule has 4 heterocycles. The third-order valence-corrected chi connectivity index (χ3v) is 7.73. The second-order valence-corrected chi connectivity index (χ2v) is 10.4. The Labute approximate surface area is 252 Å². The van der Waals surface area contributed by atoms with Crippen LogP contribution in [0.3, 0.4) is 0 Å². The van der Waals surface area contributed by atoms with Gasteiger partial charge in [-0.3, -0.25) is 0 Å². The molecule has 0 aliphatic rings. The summed E-state index contributed by atoms with van der Waals surface area (Å²) in [6.45, 7) is 3.80. The summed E-state index contributed by atoms with van der Waals surface area (Å²) in [6, 6.07) is 31.3. The molecule has 0 amide bonds. The molecule has 0 fully saturated rings. The first kappa shape index (κ1) is 26.4. The number of benzene rings is 3. The number of para-hydroxylation sites is 2. The summed E-state index contributed by atoms with van der Waals surface area (Å²) < 4.78 is 3.46. The Morgan fingerprint density at radius 2 is 0.932 bits per heavy atom. The Kier molecular flexibility index (Phi) is 6.05. The Morgan fingerprint density at radius 1 is 0.568 bits per heavy atom. The minimum absolute atomic E-state index is 0.122. The van der Waals surface area contributed by atoms with Crippen LogP contribution < -0.4 is 11.5 Å². The van der Waals surface area contributed by atoms with Crippen LogP contribution in [0, 0.1) is 36.5 Å². The molecular weight excluding hydrogens is 548 g/mol. The van der Waals surface area contributed by atoms with Gasteiger partial charge in [0.05, 0.1) is 44.9 Å². The van der Waals surface area contributed by atoms with Crippen LogP contribution in [0.15, 0.2) is 84.9 Å². The summed E-state index contributed by atoms with van der Waals surface area (Å²) >= 11 is 0. The quantitative estimate of drug-likeness (QED) is 0.259. The number of hydrogen-bond acceptors (Lipinski definition) is 8. The third-order valence-electron chi connectivity index (χ3n) is 7.73. The van der Waals surface area contributed by atoms with Gasteiger partial charge >= 0.3 is 0 Å². The molecule has 44 heavy (non-hydrogen) atoms. The molecule has 0 aliphatic heterocycles. The van der Waals surface area contributed by atoms with Gasteiger partial charge in [-0.15, -0.1) is 0 Å². The van der Waals surface area contributed by atoms with Crippen molar-refractivity contribution in [1.29, 1.82) is 10.5 Å². The molecule has 0 saturated heterocycles. The molecule has 0 bridgehead atoms. The number of anilines is 2. The van der Waals surface area contributed by atoms with Crippen molar-refractivity contribution in [3.05, 3.63) is 108 Å². The van der Waals surface area contributed by atoms with Crippen LogP contribution in [-0.2, 0) is 0 Å². The molecule has 0 radical (unpaired) electrons. The van der Waals surface area contributed by atoms with Gasteiger partial charge in [0, 0.05) is 11.1 Å². The predicted octanol–water partition coefficient (Wildman–Crippen LogP) is 6.01. The van der Waals surface area contributed by atoms with E-state index in [-0.39, 0.29) is 22.8 Å². The average Bonchev–Trinajstić information content (AvgIpc) is 3.57. The maximum atomic E-state index is 9.92. The van der Waals surface area contributed by atoms with E-state index in [9.17, 15) is 10.5 Å².